The minimum atomic E-state index is -0.737. The van der Waals surface area contributed by atoms with E-state index in [-0.39, 0.29) is 5.97 Å². The maximum atomic E-state index is 10.8. The normalized spacial score (nSPS) is 11.8. The lowest BCUT2D eigenvalue weighted by Gasteiger charge is -2.02. The van der Waals surface area contributed by atoms with E-state index >= 15 is 0 Å². The summed E-state index contributed by atoms with van der Waals surface area (Å²) in [6, 6.07) is 0. The molecule has 0 spiro atoms. The van der Waals surface area contributed by atoms with Crippen molar-refractivity contribution < 1.29 is 14.6 Å². The van der Waals surface area contributed by atoms with Crippen LogP contribution in [0.15, 0.2) is 0 Å². The van der Waals surface area contributed by atoms with E-state index in [2.05, 4.69) is 10.7 Å². The number of esters is 1. The molecule has 1 atom stereocenters. The molecule has 0 bridgehead atoms. The zero-order valence-corrected chi connectivity index (χ0v) is 7.25. The van der Waals surface area contributed by atoms with E-state index in [1.165, 1.54) is 0 Å². The molecule has 0 aliphatic carbocycles. The van der Waals surface area contributed by atoms with Gasteiger partial charge in [-0.1, -0.05) is 5.92 Å². The maximum absolute atomic E-state index is 10.8. The molecular weight excluding hydrogens is 156 g/mol. The fraction of sp³-hybridized carbons (Fsp3) is 0.667. The SMILES string of the molecule is C#CC(O)CCCC(=O)OCC. The number of carbonyl (C=O) groups excluding carboxylic acids is 1. The first-order chi connectivity index (χ1) is 5.70. The summed E-state index contributed by atoms with van der Waals surface area (Å²) in [7, 11) is 0. The van der Waals surface area contributed by atoms with Gasteiger partial charge in [0.25, 0.3) is 0 Å². The Hall–Kier alpha value is -1.01. The Kier molecular flexibility index (Phi) is 6.12. The fourth-order valence-electron chi connectivity index (χ4n) is 0.756. The largest absolute Gasteiger partial charge is 0.466 e. The number of ether oxygens (including phenoxy) is 1. The number of rotatable bonds is 5. The lowest BCUT2D eigenvalue weighted by Crippen LogP contribution is -2.07. The van der Waals surface area contributed by atoms with Crippen molar-refractivity contribution in [2.75, 3.05) is 6.61 Å². The van der Waals surface area contributed by atoms with Crippen LogP contribution < -0.4 is 0 Å². The zero-order chi connectivity index (χ0) is 9.40. The molecule has 0 aliphatic heterocycles. The van der Waals surface area contributed by atoms with E-state index in [9.17, 15) is 4.79 Å². The molecule has 0 amide bonds. The highest BCUT2D eigenvalue weighted by Crippen LogP contribution is 2.01. The van der Waals surface area contributed by atoms with Crippen LogP contribution in [0.25, 0.3) is 0 Å². The van der Waals surface area contributed by atoms with Gasteiger partial charge in [-0.3, -0.25) is 4.79 Å². The smallest absolute Gasteiger partial charge is 0.305 e. The molecule has 3 nitrogen and oxygen atoms in total. The Morgan fingerprint density at radius 3 is 2.92 bits per heavy atom. The van der Waals surface area contributed by atoms with E-state index in [0.717, 1.165) is 0 Å². The van der Waals surface area contributed by atoms with Crippen molar-refractivity contribution in [1.29, 1.82) is 0 Å². The van der Waals surface area contributed by atoms with Crippen LogP contribution in [0.5, 0.6) is 0 Å². The van der Waals surface area contributed by atoms with Crippen molar-refractivity contribution in [1.82, 2.24) is 0 Å². The van der Waals surface area contributed by atoms with Gasteiger partial charge in [-0.25, -0.2) is 0 Å². The molecule has 0 aromatic rings. The average molecular weight is 170 g/mol. The van der Waals surface area contributed by atoms with Crippen molar-refractivity contribution in [3.8, 4) is 12.3 Å². The molecule has 3 heteroatoms. The Morgan fingerprint density at radius 1 is 1.75 bits per heavy atom. The van der Waals surface area contributed by atoms with Crippen molar-refractivity contribution in [2.45, 2.75) is 32.3 Å². The summed E-state index contributed by atoms with van der Waals surface area (Å²) in [6.45, 7) is 2.16. The molecule has 0 rings (SSSR count). The Balaban J connectivity index is 3.32. The third-order valence-corrected chi connectivity index (χ3v) is 1.36. The maximum Gasteiger partial charge on any atom is 0.305 e. The molecule has 68 valence electrons. The highest BCUT2D eigenvalue weighted by Gasteiger charge is 2.03. The summed E-state index contributed by atoms with van der Waals surface area (Å²) in [4.78, 5) is 10.8. The summed E-state index contributed by atoms with van der Waals surface area (Å²) in [5, 5.41) is 8.91. The van der Waals surface area contributed by atoms with Gasteiger partial charge in [0.05, 0.1) is 6.61 Å². The molecular formula is C9H14O3. The van der Waals surface area contributed by atoms with Crippen LogP contribution in [0.1, 0.15) is 26.2 Å². The Morgan fingerprint density at radius 2 is 2.42 bits per heavy atom. The number of aliphatic hydroxyl groups is 1. The van der Waals surface area contributed by atoms with Gasteiger partial charge in [0.15, 0.2) is 0 Å². The van der Waals surface area contributed by atoms with Gasteiger partial charge >= 0.3 is 5.97 Å². The topological polar surface area (TPSA) is 46.5 Å². The van der Waals surface area contributed by atoms with Crippen LogP contribution >= 0.6 is 0 Å². The van der Waals surface area contributed by atoms with Gasteiger partial charge in [-0.2, -0.15) is 0 Å². The van der Waals surface area contributed by atoms with Gasteiger partial charge < -0.3 is 9.84 Å². The lowest BCUT2D eigenvalue weighted by molar-refractivity contribution is -0.143. The first-order valence-corrected chi connectivity index (χ1v) is 4.00. The highest BCUT2D eigenvalue weighted by molar-refractivity contribution is 5.69. The number of hydrogen-bond donors (Lipinski definition) is 1. The first kappa shape index (κ1) is 11.0. The third-order valence-electron chi connectivity index (χ3n) is 1.36. The number of carbonyl (C=O) groups is 1. The number of aliphatic hydroxyl groups excluding tert-OH is 1. The predicted molar refractivity (Wildman–Crippen MR) is 45.3 cm³/mol. The highest BCUT2D eigenvalue weighted by atomic mass is 16.5. The van der Waals surface area contributed by atoms with E-state index in [0.29, 0.717) is 25.9 Å². The second kappa shape index (κ2) is 6.68. The molecule has 1 N–H and O–H groups in total. The van der Waals surface area contributed by atoms with E-state index in [1.807, 2.05) is 0 Å². The standard InChI is InChI=1S/C9H14O3/c1-3-8(10)6-5-7-9(11)12-4-2/h1,8,10H,4-7H2,2H3. The second-order valence-corrected chi connectivity index (χ2v) is 2.38. The van der Waals surface area contributed by atoms with Crippen molar-refractivity contribution in [3.05, 3.63) is 0 Å². The number of terminal acetylenes is 1. The predicted octanol–water partition coefficient (Wildman–Crippen LogP) is 0.714. The van der Waals surface area contributed by atoms with E-state index in [1.54, 1.807) is 6.92 Å². The van der Waals surface area contributed by atoms with E-state index in [4.69, 9.17) is 11.5 Å². The van der Waals surface area contributed by atoms with Crippen molar-refractivity contribution in [3.63, 3.8) is 0 Å². The van der Waals surface area contributed by atoms with Crippen molar-refractivity contribution in [2.24, 2.45) is 0 Å². The molecule has 0 fully saturated rings. The molecule has 0 saturated carbocycles. The minimum Gasteiger partial charge on any atom is -0.466 e. The second-order valence-electron chi connectivity index (χ2n) is 2.38. The molecule has 0 aliphatic rings. The zero-order valence-electron chi connectivity index (χ0n) is 7.25. The summed E-state index contributed by atoms with van der Waals surface area (Å²) in [5.41, 5.74) is 0. The van der Waals surface area contributed by atoms with E-state index < -0.39 is 6.10 Å². The first-order valence-electron chi connectivity index (χ1n) is 4.00. The minimum absolute atomic E-state index is 0.235. The molecule has 1 unspecified atom stereocenters. The van der Waals surface area contributed by atoms with Crippen LogP contribution in [0, 0.1) is 12.3 Å². The molecule has 0 saturated heterocycles. The fourth-order valence-corrected chi connectivity index (χ4v) is 0.756. The van der Waals surface area contributed by atoms with Gasteiger partial charge in [-0.15, -0.1) is 6.42 Å². The summed E-state index contributed by atoms with van der Waals surface area (Å²) >= 11 is 0. The van der Waals surface area contributed by atoms with Crippen LogP contribution in [-0.4, -0.2) is 23.8 Å². The third kappa shape index (κ3) is 5.75. The Bertz CT molecular complexity index is 169. The average Bonchev–Trinajstić information content (AvgIpc) is 2.04. The van der Waals surface area contributed by atoms with Crippen LogP contribution in [0.4, 0.5) is 0 Å². The molecule has 12 heavy (non-hydrogen) atoms. The Labute approximate surface area is 72.7 Å². The molecule has 0 heterocycles. The van der Waals surface area contributed by atoms with Gasteiger partial charge in [0.1, 0.15) is 6.10 Å². The van der Waals surface area contributed by atoms with Crippen LogP contribution in [-0.2, 0) is 9.53 Å². The lowest BCUT2D eigenvalue weighted by atomic mass is 10.1. The van der Waals surface area contributed by atoms with Crippen LogP contribution in [0.2, 0.25) is 0 Å². The van der Waals surface area contributed by atoms with Crippen molar-refractivity contribution >= 4 is 5.97 Å². The molecule has 0 radical (unpaired) electrons. The summed E-state index contributed by atoms with van der Waals surface area (Å²) in [6.07, 6.45) is 5.55. The monoisotopic (exact) mass is 170 g/mol. The number of hydrogen-bond acceptors (Lipinski definition) is 3. The van der Waals surface area contributed by atoms with Crippen LogP contribution in [0.3, 0.4) is 0 Å². The molecule has 0 aromatic heterocycles. The quantitative estimate of drug-likeness (QED) is 0.488. The van der Waals surface area contributed by atoms with Gasteiger partial charge in [0.2, 0.25) is 0 Å². The summed E-state index contributed by atoms with van der Waals surface area (Å²) in [5.74, 6) is 1.94. The van der Waals surface area contributed by atoms with Gasteiger partial charge in [-0.05, 0) is 19.8 Å². The van der Waals surface area contributed by atoms with Gasteiger partial charge in [0, 0.05) is 6.42 Å². The molecule has 0 aromatic carbocycles. The summed E-state index contributed by atoms with van der Waals surface area (Å²) < 4.78 is 4.69.